The Hall–Kier alpha value is -2.08. The molecule has 0 radical (unpaired) electrons. The lowest BCUT2D eigenvalue weighted by Crippen LogP contribution is -2.52. The largest absolute Gasteiger partial charge is 0.497 e. The van der Waals surface area contributed by atoms with Crippen molar-refractivity contribution in [3.8, 4) is 5.75 Å². The maximum atomic E-state index is 12.4. The number of amides is 2. The number of hydrogen-bond acceptors (Lipinski definition) is 4. The molecule has 2 amide bonds. The van der Waals surface area contributed by atoms with Crippen molar-refractivity contribution >= 4 is 11.8 Å². The van der Waals surface area contributed by atoms with E-state index in [1.807, 2.05) is 24.3 Å². The van der Waals surface area contributed by atoms with Crippen LogP contribution in [0.5, 0.6) is 5.75 Å². The van der Waals surface area contributed by atoms with Crippen LogP contribution in [0.25, 0.3) is 0 Å². The van der Waals surface area contributed by atoms with Gasteiger partial charge in [0.2, 0.25) is 11.8 Å². The molecule has 132 valence electrons. The van der Waals surface area contributed by atoms with E-state index in [9.17, 15) is 14.7 Å². The molecule has 1 aliphatic rings. The van der Waals surface area contributed by atoms with Crippen LogP contribution in [0.4, 0.5) is 0 Å². The van der Waals surface area contributed by atoms with Crippen LogP contribution in [0.1, 0.15) is 31.2 Å². The summed E-state index contributed by atoms with van der Waals surface area (Å²) in [4.78, 5) is 25.6. The zero-order valence-corrected chi connectivity index (χ0v) is 14.4. The van der Waals surface area contributed by atoms with Crippen LogP contribution in [0, 0.1) is 0 Å². The molecule has 0 spiro atoms. The van der Waals surface area contributed by atoms with Gasteiger partial charge in [0.15, 0.2) is 0 Å². The summed E-state index contributed by atoms with van der Waals surface area (Å²) >= 11 is 0. The maximum absolute atomic E-state index is 12.4. The topological polar surface area (TPSA) is 78.9 Å². The number of methoxy groups -OCH3 is 1. The minimum absolute atomic E-state index is 0.0147. The van der Waals surface area contributed by atoms with Crippen LogP contribution in [-0.4, -0.2) is 54.7 Å². The predicted molar refractivity (Wildman–Crippen MR) is 90.8 cm³/mol. The highest BCUT2D eigenvalue weighted by Gasteiger charge is 2.36. The van der Waals surface area contributed by atoms with Gasteiger partial charge in [-0.1, -0.05) is 12.1 Å². The van der Waals surface area contributed by atoms with Gasteiger partial charge in [-0.25, -0.2) is 0 Å². The summed E-state index contributed by atoms with van der Waals surface area (Å²) in [5.41, 5.74) is -0.0459. The summed E-state index contributed by atoms with van der Waals surface area (Å²) in [5.74, 6) is 0.603. The first-order chi connectivity index (χ1) is 11.5. The highest BCUT2D eigenvalue weighted by atomic mass is 16.5. The number of carbonyl (C=O) groups is 2. The lowest BCUT2D eigenvalue weighted by Gasteiger charge is -2.39. The fourth-order valence-electron chi connectivity index (χ4n) is 3.06. The van der Waals surface area contributed by atoms with E-state index >= 15 is 0 Å². The molecule has 1 atom stereocenters. The van der Waals surface area contributed by atoms with Crippen LogP contribution in [0.2, 0.25) is 0 Å². The lowest BCUT2D eigenvalue weighted by atomic mass is 9.89. The summed E-state index contributed by atoms with van der Waals surface area (Å²) in [7, 11) is 3.17. The number of likely N-dealkylation sites (tertiary alicyclic amines) is 1. The molecular formula is C18H26N2O4. The molecule has 1 aliphatic heterocycles. The smallest absolute Gasteiger partial charge is 0.222 e. The first kappa shape index (κ1) is 18.3. The molecule has 0 saturated carbocycles. The molecule has 1 unspecified atom stereocenters. The van der Waals surface area contributed by atoms with E-state index < -0.39 is 5.60 Å². The van der Waals surface area contributed by atoms with Gasteiger partial charge in [0.05, 0.1) is 19.1 Å². The van der Waals surface area contributed by atoms with Gasteiger partial charge in [-0.2, -0.15) is 0 Å². The van der Waals surface area contributed by atoms with Gasteiger partial charge in [-0.05, 0) is 37.0 Å². The average Bonchev–Trinajstić information content (AvgIpc) is 2.59. The Balaban J connectivity index is 1.88. The maximum Gasteiger partial charge on any atom is 0.222 e. The molecular weight excluding hydrogens is 308 g/mol. The standard InChI is InChI=1S/C18H26N2O4/c1-19-16(21)12-18(23)10-3-11-20(13-18)17(22)9-6-14-4-7-15(24-2)8-5-14/h4-5,7-8,23H,3,6,9-13H2,1-2H3,(H,19,21). The fraction of sp³-hybridized carbons (Fsp3) is 0.556. The molecule has 6 heteroatoms. The second kappa shape index (κ2) is 8.15. The van der Waals surface area contributed by atoms with Crippen molar-refractivity contribution < 1.29 is 19.4 Å². The summed E-state index contributed by atoms with van der Waals surface area (Å²) < 4.78 is 5.12. The van der Waals surface area contributed by atoms with Gasteiger partial charge in [-0.15, -0.1) is 0 Å². The number of rotatable bonds is 6. The summed E-state index contributed by atoms with van der Waals surface area (Å²) in [6, 6.07) is 7.65. The minimum Gasteiger partial charge on any atom is -0.497 e. The van der Waals surface area contributed by atoms with Crippen molar-refractivity contribution in [2.75, 3.05) is 27.2 Å². The van der Waals surface area contributed by atoms with Gasteiger partial charge in [0, 0.05) is 26.6 Å². The van der Waals surface area contributed by atoms with Gasteiger partial charge in [0.1, 0.15) is 5.75 Å². The normalized spacial score (nSPS) is 20.5. The molecule has 24 heavy (non-hydrogen) atoms. The van der Waals surface area contributed by atoms with E-state index in [4.69, 9.17) is 4.74 Å². The van der Waals surface area contributed by atoms with Crippen molar-refractivity contribution in [1.29, 1.82) is 0 Å². The van der Waals surface area contributed by atoms with Crippen molar-refractivity contribution in [2.24, 2.45) is 0 Å². The highest BCUT2D eigenvalue weighted by Crippen LogP contribution is 2.25. The first-order valence-electron chi connectivity index (χ1n) is 8.29. The average molecular weight is 334 g/mol. The number of hydrogen-bond donors (Lipinski definition) is 2. The Kier molecular flexibility index (Phi) is 6.20. The van der Waals surface area contributed by atoms with Crippen LogP contribution in [0.15, 0.2) is 24.3 Å². The van der Waals surface area contributed by atoms with Gasteiger partial charge < -0.3 is 20.1 Å². The molecule has 0 aliphatic carbocycles. The van der Waals surface area contributed by atoms with Crippen molar-refractivity contribution in [2.45, 2.75) is 37.7 Å². The fourth-order valence-corrected chi connectivity index (χ4v) is 3.06. The van der Waals surface area contributed by atoms with Gasteiger partial charge in [-0.3, -0.25) is 9.59 Å². The molecule has 1 fully saturated rings. The van der Waals surface area contributed by atoms with E-state index in [0.717, 1.165) is 11.3 Å². The Labute approximate surface area is 142 Å². The number of piperidine rings is 1. The monoisotopic (exact) mass is 334 g/mol. The molecule has 6 nitrogen and oxygen atoms in total. The second-order valence-electron chi connectivity index (χ2n) is 6.34. The third-order valence-electron chi connectivity index (χ3n) is 4.46. The number of benzene rings is 1. The Bertz CT molecular complexity index is 573. The zero-order valence-electron chi connectivity index (χ0n) is 14.4. The number of ether oxygens (including phenoxy) is 1. The minimum atomic E-state index is -1.12. The van der Waals surface area contributed by atoms with E-state index in [-0.39, 0.29) is 24.8 Å². The summed E-state index contributed by atoms with van der Waals surface area (Å²) in [5, 5.41) is 13.1. The highest BCUT2D eigenvalue weighted by molar-refractivity contribution is 5.78. The third kappa shape index (κ3) is 4.96. The molecule has 1 aromatic rings. The summed E-state index contributed by atoms with van der Waals surface area (Å²) in [6.45, 7) is 0.860. The van der Waals surface area contributed by atoms with E-state index in [1.54, 1.807) is 19.1 Å². The molecule has 2 rings (SSSR count). The van der Waals surface area contributed by atoms with Crippen LogP contribution < -0.4 is 10.1 Å². The van der Waals surface area contributed by atoms with E-state index in [0.29, 0.717) is 32.2 Å². The van der Waals surface area contributed by atoms with Crippen LogP contribution in [0.3, 0.4) is 0 Å². The molecule has 1 heterocycles. The lowest BCUT2D eigenvalue weighted by molar-refractivity contribution is -0.142. The van der Waals surface area contributed by atoms with E-state index in [2.05, 4.69) is 5.32 Å². The molecule has 0 aromatic heterocycles. The third-order valence-corrected chi connectivity index (χ3v) is 4.46. The Morgan fingerprint density at radius 2 is 2.04 bits per heavy atom. The quantitative estimate of drug-likeness (QED) is 0.817. The Morgan fingerprint density at radius 1 is 1.33 bits per heavy atom. The SMILES string of the molecule is CNC(=O)CC1(O)CCCN(C(=O)CCc2ccc(OC)cc2)C1. The Morgan fingerprint density at radius 3 is 2.67 bits per heavy atom. The number of carbonyl (C=O) groups excluding carboxylic acids is 2. The number of β-amino-alcohol motifs (C(OH)–C–C–N with tert-alkyl or cyclic N) is 1. The number of aliphatic hydroxyl groups is 1. The van der Waals surface area contributed by atoms with Gasteiger partial charge >= 0.3 is 0 Å². The summed E-state index contributed by atoms with van der Waals surface area (Å²) in [6.07, 6.45) is 2.33. The number of nitrogens with zero attached hydrogens (tertiary/aromatic N) is 1. The molecule has 0 bridgehead atoms. The van der Waals surface area contributed by atoms with Gasteiger partial charge in [0.25, 0.3) is 0 Å². The second-order valence-corrected chi connectivity index (χ2v) is 6.34. The van der Waals surface area contributed by atoms with Crippen molar-refractivity contribution in [3.63, 3.8) is 0 Å². The van der Waals surface area contributed by atoms with Crippen LogP contribution >= 0.6 is 0 Å². The number of nitrogens with one attached hydrogen (secondary N) is 1. The zero-order chi connectivity index (χ0) is 17.6. The van der Waals surface area contributed by atoms with Crippen molar-refractivity contribution in [3.05, 3.63) is 29.8 Å². The first-order valence-corrected chi connectivity index (χ1v) is 8.29. The molecule has 2 N–H and O–H groups in total. The molecule has 1 saturated heterocycles. The van der Waals surface area contributed by atoms with Crippen molar-refractivity contribution in [1.82, 2.24) is 10.2 Å². The molecule has 1 aromatic carbocycles. The van der Waals surface area contributed by atoms with E-state index in [1.165, 1.54) is 0 Å². The predicted octanol–water partition coefficient (Wildman–Crippen LogP) is 1.12. The van der Waals surface area contributed by atoms with Crippen LogP contribution in [-0.2, 0) is 16.0 Å². The number of aryl methyl sites for hydroxylation is 1.